The van der Waals surface area contributed by atoms with Gasteiger partial charge in [-0.05, 0) is 37.1 Å². The van der Waals surface area contributed by atoms with E-state index in [9.17, 15) is 4.79 Å². The molecule has 1 saturated heterocycles. The Kier molecular flexibility index (Phi) is 4.61. The Morgan fingerprint density at radius 1 is 0.929 bits per heavy atom. The number of rotatable bonds is 4. The van der Waals surface area contributed by atoms with Crippen LogP contribution in [0.1, 0.15) is 34.1 Å². The molecule has 1 aromatic heterocycles. The van der Waals surface area contributed by atoms with E-state index in [1.54, 1.807) is 11.3 Å². The van der Waals surface area contributed by atoms with E-state index < -0.39 is 0 Å². The van der Waals surface area contributed by atoms with Crippen LogP contribution >= 0.6 is 11.3 Å². The lowest BCUT2D eigenvalue weighted by Gasteiger charge is -2.36. The Bertz CT molecular complexity index is 955. The van der Waals surface area contributed by atoms with Crippen molar-refractivity contribution in [2.24, 2.45) is 0 Å². The van der Waals surface area contributed by atoms with Gasteiger partial charge in [-0.1, -0.05) is 30.3 Å². The van der Waals surface area contributed by atoms with Gasteiger partial charge in [0.05, 0.1) is 10.7 Å². The number of hydrogen-bond donors (Lipinski definition) is 0. The highest BCUT2D eigenvalue weighted by Crippen LogP contribution is 2.42. The second-order valence-corrected chi connectivity index (χ2v) is 8.43. The number of thiazole rings is 1. The van der Waals surface area contributed by atoms with Crippen LogP contribution in [0.5, 0.6) is 0 Å². The number of hydrogen-bond acceptors (Lipinski definition) is 4. The molecular formula is C23H23N3OS. The van der Waals surface area contributed by atoms with E-state index >= 15 is 0 Å². The summed E-state index contributed by atoms with van der Waals surface area (Å²) in [7, 11) is 0. The van der Waals surface area contributed by atoms with Crippen molar-refractivity contribution in [2.45, 2.75) is 18.8 Å². The molecule has 0 N–H and O–H groups in total. The molecule has 5 heteroatoms. The molecule has 1 aliphatic carbocycles. The molecule has 2 aromatic carbocycles. The smallest absolute Gasteiger partial charge is 0.253 e. The molecule has 3 aromatic rings. The molecule has 2 fully saturated rings. The first-order valence-electron chi connectivity index (χ1n) is 9.93. The zero-order valence-corrected chi connectivity index (χ0v) is 16.6. The van der Waals surface area contributed by atoms with Gasteiger partial charge >= 0.3 is 0 Å². The summed E-state index contributed by atoms with van der Waals surface area (Å²) in [4.78, 5) is 21.9. The fourth-order valence-electron chi connectivity index (χ4n) is 3.71. The summed E-state index contributed by atoms with van der Waals surface area (Å²) in [5, 5.41) is 3.39. The lowest BCUT2D eigenvalue weighted by atomic mass is 10.1. The van der Waals surface area contributed by atoms with E-state index in [1.165, 1.54) is 23.5 Å². The number of benzene rings is 2. The van der Waals surface area contributed by atoms with Gasteiger partial charge in [-0.25, -0.2) is 4.98 Å². The average Bonchev–Trinajstić information content (AvgIpc) is 3.51. The molecule has 2 heterocycles. The van der Waals surface area contributed by atoms with Gasteiger partial charge in [0, 0.05) is 54.3 Å². The lowest BCUT2D eigenvalue weighted by molar-refractivity contribution is 0.0747. The topological polar surface area (TPSA) is 36.4 Å². The second-order valence-electron chi connectivity index (χ2n) is 7.54. The highest BCUT2D eigenvalue weighted by Gasteiger charge is 2.27. The van der Waals surface area contributed by atoms with Gasteiger partial charge in [0.25, 0.3) is 5.91 Å². The number of aromatic nitrogens is 1. The first-order valence-corrected chi connectivity index (χ1v) is 10.8. The minimum absolute atomic E-state index is 0.121. The number of nitrogens with zero attached hydrogens (tertiary/aromatic N) is 3. The van der Waals surface area contributed by atoms with Crippen LogP contribution in [0.25, 0.3) is 11.3 Å². The fourth-order valence-corrected chi connectivity index (χ4v) is 4.71. The number of anilines is 1. The van der Waals surface area contributed by atoms with E-state index in [-0.39, 0.29) is 5.91 Å². The summed E-state index contributed by atoms with van der Waals surface area (Å²) in [6, 6.07) is 18.3. The van der Waals surface area contributed by atoms with Crippen molar-refractivity contribution in [3.63, 3.8) is 0 Å². The van der Waals surface area contributed by atoms with E-state index in [2.05, 4.69) is 34.5 Å². The van der Waals surface area contributed by atoms with Crippen LogP contribution in [-0.4, -0.2) is 42.0 Å². The molecular weight excluding hydrogens is 366 g/mol. The van der Waals surface area contributed by atoms with Gasteiger partial charge in [-0.2, -0.15) is 0 Å². The Balaban J connectivity index is 1.23. The Hall–Kier alpha value is -2.66. The standard InChI is InChI=1S/C23H23N3OS/c27-23(26-14-12-25(13-15-26)20-4-2-1-3-5-20)19-10-6-17(7-11-19)21-16-28-22(24-21)18-8-9-18/h1-7,10-11,16,18H,8-9,12-15H2. The van der Waals surface area contributed by atoms with Crippen molar-refractivity contribution in [1.29, 1.82) is 0 Å². The molecule has 0 atom stereocenters. The fraction of sp³-hybridized carbons (Fsp3) is 0.304. The van der Waals surface area contributed by atoms with Crippen LogP contribution in [-0.2, 0) is 0 Å². The van der Waals surface area contributed by atoms with Crippen molar-refractivity contribution >= 4 is 22.9 Å². The molecule has 0 unspecified atom stereocenters. The summed E-state index contributed by atoms with van der Waals surface area (Å²) in [6.07, 6.45) is 2.55. The number of piperazine rings is 1. The minimum atomic E-state index is 0.121. The Labute approximate surface area is 169 Å². The third-order valence-corrected chi connectivity index (χ3v) is 6.57. The van der Waals surface area contributed by atoms with Crippen LogP contribution in [0.15, 0.2) is 60.0 Å². The molecule has 2 aliphatic rings. The molecule has 1 aliphatic heterocycles. The zero-order valence-electron chi connectivity index (χ0n) is 15.8. The molecule has 5 rings (SSSR count). The highest BCUT2D eigenvalue weighted by molar-refractivity contribution is 7.10. The van der Waals surface area contributed by atoms with E-state index in [1.807, 2.05) is 35.2 Å². The maximum Gasteiger partial charge on any atom is 0.253 e. The molecule has 4 nitrogen and oxygen atoms in total. The third-order valence-electron chi connectivity index (χ3n) is 5.56. The summed E-state index contributed by atoms with van der Waals surface area (Å²) >= 11 is 1.76. The van der Waals surface area contributed by atoms with Gasteiger partial charge in [-0.3, -0.25) is 4.79 Å². The molecule has 1 amide bonds. The molecule has 1 saturated carbocycles. The Morgan fingerprint density at radius 3 is 2.32 bits per heavy atom. The van der Waals surface area contributed by atoms with Crippen LogP contribution < -0.4 is 4.90 Å². The average molecular weight is 390 g/mol. The zero-order chi connectivity index (χ0) is 18.9. The summed E-state index contributed by atoms with van der Waals surface area (Å²) in [6.45, 7) is 3.26. The summed E-state index contributed by atoms with van der Waals surface area (Å²) in [5.41, 5.74) is 4.11. The maximum absolute atomic E-state index is 12.9. The molecule has 0 spiro atoms. The monoisotopic (exact) mass is 389 g/mol. The Morgan fingerprint density at radius 2 is 1.64 bits per heavy atom. The van der Waals surface area contributed by atoms with Gasteiger partial charge in [0.1, 0.15) is 0 Å². The third kappa shape index (κ3) is 3.54. The normalized spacial score (nSPS) is 17.0. The second kappa shape index (κ2) is 7.40. The van der Waals surface area contributed by atoms with E-state index in [0.717, 1.165) is 43.0 Å². The van der Waals surface area contributed by atoms with Crippen molar-refractivity contribution in [3.05, 3.63) is 70.5 Å². The van der Waals surface area contributed by atoms with Crippen molar-refractivity contribution < 1.29 is 4.79 Å². The van der Waals surface area contributed by atoms with Crippen LogP contribution in [0.4, 0.5) is 5.69 Å². The number of carbonyl (C=O) groups is 1. The first kappa shape index (κ1) is 17.4. The largest absolute Gasteiger partial charge is 0.368 e. The summed E-state index contributed by atoms with van der Waals surface area (Å²) < 4.78 is 0. The summed E-state index contributed by atoms with van der Waals surface area (Å²) in [5.74, 6) is 0.811. The van der Waals surface area contributed by atoms with Gasteiger partial charge in [-0.15, -0.1) is 11.3 Å². The quantitative estimate of drug-likeness (QED) is 0.652. The predicted molar refractivity (Wildman–Crippen MR) is 114 cm³/mol. The van der Waals surface area contributed by atoms with Gasteiger partial charge in [0.15, 0.2) is 0 Å². The number of para-hydroxylation sites is 1. The first-order chi connectivity index (χ1) is 13.8. The molecule has 28 heavy (non-hydrogen) atoms. The van der Waals surface area contributed by atoms with E-state index in [4.69, 9.17) is 4.98 Å². The highest BCUT2D eigenvalue weighted by atomic mass is 32.1. The molecule has 0 bridgehead atoms. The van der Waals surface area contributed by atoms with Gasteiger partial charge < -0.3 is 9.80 Å². The van der Waals surface area contributed by atoms with Crippen molar-refractivity contribution in [1.82, 2.24) is 9.88 Å². The number of carbonyl (C=O) groups excluding carboxylic acids is 1. The van der Waals surface area contributed by atoms with Crippen LogP contribution in [0.3, 0.4) is 0 Å². The maximum atomic E-state index is 12.9. The minimum Gasteiger partial charge on any atom is -0.368 e. The van der Waals surface area contributed by atoms with Gasteiger partial charge in [0.2, 0.25) is 0 Å². The predicted octanol–water partition coefficient (Wildman–Crippen LogP) is 4.65. The van der Waals surface area contributed by atoms with Crippen molar-refractivity contribution in [3.8, 4) is 11.3 Å². The van der Waals surface area contributed by atoms with Crippen LogP contribution in [0, 0.1) is 0 Å². The number of amides is 1. The van der Waals surface area contributed by atoms with Crippen LogP contribution in [0.2, 0.25) is 0 Å². The lowest BCUT2D eigenvalue weighted by Crippen LogP contribution is -2.48. The van der Waals surface area contributed by atoms with E-state index in [0.29, 0.717) is 5.92 Å². The molecule has 0 radical (unpaired) electrons. The van der Waals surface area contributed by atoms with Crippen molar-refractivity contribution in [2.75, 3.05) is 31.1 Å². The molecule has 142 valence electrons. The SMILES string of the molecule is O=C(c1ccc(-c2csc(C3CC3)n2)cc1)N1CCN(c2ccccc2)CC1.